The zero-order valence-electron chi connectivity index (χ0n) is 16.6. The Morgan fingerprint density at radius 1 is 1.16 bits per heavy atom. The first kappa shape index (κ1) is 21.7. The molecular weight excluding hydrogens is 412 g/mol. The van der Waals surface area contributed by atoms with Gasteiger partial charge in [0.25, 0.3) is 5.91 Å². The van der Waals surface area contributed by atoms with Gasteiger partial charge in [0, 0.05) is 11.8 Å². The lowest BCUT2D eigenvalue weighted by Gasteiger charge is -2.07. The predicted octanol–water partition coefficient (Wildman–Crippen LogP) is 1.79. The minimum Gasteiger partial charge on any atom is -0.493 e. The van der Waals surface area contributed by atoms with Gasteiger partial charge in [0.05, 0.1) is 26.9 Å². The molecule has 0 aromatic heterocycles. The summed E-state index contributed by atoms with van der Waals surface area (Å²) in [6.07, 6.45) is 1.20. The first-order chi connectivity index (χ1) is 14.9. The molecule has 9 nitrogen and oxygen atoms in total. The van der Waals surface area contributed by atoms with Gasteiger partial charge in [-0.05, 0) is 35.9 Å². The molecule has 1 aliphatic heterocycles. The fourth-order valence-electron chi connectivity index (χ4n) is 2.70. The number of hydrazone groups is 1. The molecule has 3 rings (SSSR count). The number of anilines is 1. The monoisotopic (exact) mass is 431 g/mol. The van der Waals surface area contributed by atoms with Crippen LogP contribution in [0.1, 0.15) is 12.0 Å². The third-order valence-corrected chi connectivity index (χ3v) is 4.20. The number of nitrogens with one attached hydrogen (secondary N) is 3. The van der Waals surface area contributed by atoms with Crippen LogP contribution < -0.4 is 25.5 Å². The summed E-state index contributed by atoms with van der Waals surface area (Å²) < 4.78 is 36.5. The number of aliphatic imine (C=N–C) groups is 1. The number of benzene rings is 2. The Hall–Kier alpha value is -4.02. The molecule has 0 saturated heterocycles. The normalized spacial score (nSPS) is 15.4. The molecule has 0 aliphatic carbocycles. The zero-order valence-corrected chi connectivity index (χ0v) is 16.6. The van der Waals surface area contributed by atoms with E-state index in [2.05, 4.69) is 26.2 Å². The van der Waals surface area contributed by atoms with Gasteiger partial charge in [0.2, 0.25) is 11.9 Å². The minimum absolute atomic E-state index is 0.0733. The fraction of sp³-hybridized carbons (Fsp3) is 0.200. The number of rotatable bonds is 7. The molecule has 0 spiro atoms. The first-order valence-electron chi connectivity index (χ1n) is 9.04. The number of carbonyl (C=O) groups excluding carboxylic acids is 2. The summed E-state index contributed by atoms with van der Waals surface area (Å²) in [7, 11) is 3.05. The summed E-state index contributed by atoms with van der Waals surface area (Å²) >= 11 is 0. The Kier molecular flexibility index (Phi) is 6.75. The van der Waals surface area contributed by atoms with E-state index >= 15 is 0 Å². The second-order valence-electron chi connectivity index (χ2n) is 6.35. The number of hydrogen-bond donors (Lipinski definition) is 3. The van der Waals surface area contributed by atoms with Gasteiger partial charge < -0.3 is 14.8 Å². The molecule has 2 amide bonds. The van der Waals surface area contributed by atoms with E-state index in [0.717, 1.165) is 12.1 Å². The predicted molar refractivity (Wildman–Crippen MR) is 109 cm³/mol. The van der Waals surface area contributed by atoms with E-state index in [1.807, 2.05) is 0 Å². The molecule has 0 radical (unpaired) electrons. The van der Waals surface area contributed by atoms with Crippen molar-refractivity contribution in [3.8, 4) is 11.5 Å². The minimum atomic E-state index is -1.09. The molecule has 0 unspecified atom stereocenters. The Morgan fingerprint density at radius 2 is 1.94 bits per heavy atom. The lowest BCUT2D eigenvalue weighted by atomic mass is 10.2. The molecule has 0 saturated carbocycles. The summed E-state index contributed by atoms with van der Waals surface area (Å²) in [5.41, 5.74) is 3.36. The molecule has 0 bridgehead atoms. The maximum Gasteiger partial charge on any atom is 0.252 e. The lowest BCUT2D eigenvalue weighted by molar-refractivity contribution is -0.123. The van der Waals surface area contributed by atoms with Crippen LogP contribution in [0.25, 0.3) is 0 Å². The molecule has 11 heteroatoms. The number of guanidine groups is 1. The smallest absolute Gasteiger partial charge is 0.252 e. The number of nitrogens with zero attached hydrogens (tertiary/aromatic N) is 2. The summed E-state index contributed by atoms with van der Waals surface area (Å²) in [4.78, 5) is 28.2. The zero-order chi connectivity index (χ0) is 22.4. The largest absolute Gasteiger partial charge is 0.493 e. The Balaban J connectivity index is 1.56. The fourth-order valence-corrected chi connectivity index (χ4v) is 2.70. The molecule has 2 aromatic rings. The maximum atomic E-state index is 13.2. The van der Waals surface area contributed by atoms with Crippen LogP contribution in [0, 0.1) is 11.6 Å². The highest BCUT2D eigenvalue weighted by atomic mass is 19.2. The van der Waals surface area contributed by atoms with E-state index in [1.54, 1.807) is 18.2 Å². The van der Waals surface area contributed by atoms with E-state index in [0.29, 0.717) is 17.1 Å². The molecule has 1 heterocycles. The van der Waals surface area contributed by atoms with Crippen molar-refractivity contribution < 1.29 is 27.8 Å². The van der Waals surface area contributed by atoms with E-state index in [1.165, 1.54) is 26.5 Å². The van der Waals surface area contributed by atoms with Gasteiger partial charge in [-0.3, -0.25) is 14.9 Å². The summed E-state index contributed by atoms with van der Waals surface area (Å²) in [6, 6.07) is 7.16. The van der Waals surface area contributed by atoms with Crippen molar-refractivity contribution in [1.82, 2.24) is 10.7 Å². The van der Waals surface area contributed by atoms with Crippen LogP contribution in [0.15, 0.2) is 46.5 Å². The van der Waals surface area contributed by atoms with Crippen molar-refractivity contribution in [2.45, 2.75) is 12.5 Å². The van der Waals surface area contributed by atoms with Crippen LogP contribution in [0.4, 0.5) is 14.5 Å². The third kappa shape index (κ3) is 5.53. The SMILES string of the molecule is COc1ccc(/C=N\NC2=N[C@@H](CC(=O)Nc3ccc(F)c(F)c3)C(=O)N2)cc1OC. The average molecular weight is 431 g/mol. The standard InChI is InChI=1S/C20H19F2N5O4/c1-30-16-6-3-11(7-17(16)31-2)10-23-27-20-25-15(19(29)26-20)9-18(28)24-12-4-5-13(21)14(22)8-12/h3-8,10,15H,9H2,1-2H3,(H,24,28)(H2,25,26,27,29)/b23-10-/t15-/m0/s1. The first-order valence-corrected chi connectivity index (χ1v) is 9.04. The maximum absolute atomic E-state index is 13.2. The molecule has 3 N–H and O–H groups in total. The molecule has 31 heavy (non-hydrogen) atoms. The van der Waals surface area contributed by atoms with Gasteiger partial charge in [0.1, 0.15) is 6.04 Å². The van der Waals surface area contributed by atoms with Crippen LogP contribution in [-0.4, -0.2) is 44.2 Å². The van der Waals surface area contributed by atoms with Gasteiger partial charge >= 0.3 is 0 Å². The van der Waals surface area contributed by atoms with Gasteiger partial charge in [-0.2, -0.15) is 5.10 Å². The average Bonchev–Trinajstić information content (AvgIpc) is 3.09. The van der Waals surface area contributed by atoms with Crippen LogP contribution in [0.5, 0.6) is 11.5 Å². The summed E-state index contributed by atoms with van der Waals surface area (Å²) in [6.45, 7) is 0. The lowest BCUT2D eigenvalue weighted by Crippen LogP contribution is -2.35. The number of ether oxygens (including phenoxy) is 2. The van der Waals surface area contributed by atoms with Gasteiger partial charge in [-0.15, -0.1) is 0 Å². The van der Waals surface area contributed by atoms with Crippen LogP contribution in [0.2, 0.25) is 0 Å². The molecular formula is C20H19F2N5O4. The Morgan fingerprint density at radius 3 is 2.65 bits per heavy atom. The number of hydrogen-bond acceptors (Lipinski definition) is 7. The molecule has 1 aliphatic rings. The highest BCUT2D eigenvalue weighted by molar-refractivity contribution is 6.07. The number of methoxy groups -OCH3 is 2. The second kappa shape index (κ2) is 9.65. The quantitative estimate of drug-likeness (QED) is 0.457. The highest BCUT2D eigenvalue weighted by Gasteiger charge is 2.28. The van der Waals surface area contributed by atoms with Gasteiger partial charge in [-0.25, -0.2) is 19.2 Å². The van der Waals surface area contributed by atoms with E-state index in [-0.39, 0.29) is 18.1 Å². The van der Waals surface area contributed by atoms with Crippen LogP contribution >= 0.6 is 0 Å². The molecule has 162 valence electrons. The Bertz CT molecular complexity index is 1060. The number of halogens is 2. The Labute approximate surface area is 176 Å². The number of amides is 2. The van der Waals surface area contributed by atoms with Crippen molar-refractivity contribution in [2.75, 3.05) is 19.5 Å². The topological polar surface area (TPSA) is 113 Å². The summed E-state index contributed by atoms with van der Waals surface area (Å²) in [5, 5.41) is 8.85. The van der Waals surface area contributed by atoms with Gasteiger partial charge in [0.15, 0.2) is 23.1 Å². The van der Waals surface area contributed by atoms with Crippen molar-refractivity contribution in [3.63, 3.8) is 0 Å². The second-order valence-corrected chi connectivity index (χ2v) is 6.35. The van der Waals surface area contributed by atoms with E-state index in [4.69, 9.17) is 9.47 Å². The van der Waals surface area contributed by atoms with E-state index in [9.17, 15) is 18.4 Å². The van der Waals surface area contributed by atoms with Gasteiger partial charge in [-0.1, -0.05) is 0 Å². The highest BCUT2D eigenvalue weighted by Crippen LogP contribution is 2.26. The van der Waals surface area contributed by atoms with Crippen molar-refractivity contribution in [2.24, 2.45) is 10.1 Å². The molecule has 0 fully saturated rings. The number of carbonyl (C=O) groups is 2. The van der Waals surface area contributed by atoms with Crippen molar-refractivity contribution in [3.05, 3.63) is 53.6 Å². The van der Waals surface area contributed by atoms with E-state index < -0.39 is 29.5 Å². The van der Waals surface area contributed by atoms with Crippen molar-refractivity contribution in [1.29, 1.82) is 0 Å². The van der Waals surface area contributed by atoms with Crippen molar-refractivity contribution >= 4 is 29.7 Å². The molecule has 2 aromatic carbocycles. The van der Waals surface area contributed by atoms with Crippen LogP contribution in [0.3, 0.4) is 0 Å². The van der Waals surface area contributed by atoms with Crippen LogP contribution in [-0.2, 0) is 9.59 Å². The third-order valence-electron chi connectivity index (χ3n) is 4.20. The summed E-state index contributed by atoms with van der Waals surface area (Å²) in [5.74, 6) is -2.01. The molecule has 1 atom stereocenters.